The Hall–Kier alpha value is -1.52. The van der Waals surface area contributed by atoms with Gasteiger partial charge in [0.25, 0.3) is 5.91 Å². The van der Waals surface area contributed by atoms with E-state index in [4.69, 9.17) is 11.6 Å². The lowest BCUT2D eigenvalue weighted by Crippen LogP contribution is -2.14. The van der Waals surface area contributed by atoms with E-state index in [1.165, 1.54) is 10.4 Å². The third kappa shape index (κ3) is 2.65. The minimum Gasteiger partial charge on any atom is -0.379 e. The number of halogens is 1. The van der Waals surface area contributed by atoms with Crippen molar-refractivity contribution >= 4 is 39.5 Å². The second kappa shape index (κ2) is 5.70. The van der Waals surface area contributed by atoms with E-state index in [0.717, 1.165) is 41.1 Å². The fraction of sp³-hybridized carbons (Fsp3) is 0.312. The fourth-order valence-corrected chi connectivity index (χ4v) is 4.11. The molecule has 21 heavy (non-hydrogen) atoms. The lowest BCUT2D eigenvalue weighted by molar-refractivity contribution is 0.102. The van der Waals surface area contributed by atoms with Crippen LogP contribution in [0.25, 0.3) is 0 Å². The number of hydrogen-bond acceptors (Lipinski definition) is 3. The molecule has 1 aliphatic rings. The van der Waals surface area contributed by atoms with Crippen LogP contribution in [0, 0.1) is 6.92 Å². The Kier molecular flexibility index (Phi) is 3.91. The highest BCUT2D eigenvalue weighted by atomic mass is 35.5. The minimum absolute atomic E-state index is 0.0568. The van der Waals surface area contributed by atoms with Crippen LogP contribution >= 0.6 is 22.9 Å². The van der Waals surface area contributed by atoms with Gasteiger partial charge in [-0.1, -0.05) is 17.7 Å². The van der Waals surface area contributed by atoms with Crippen molar-refractivity contribution in [2.45, 2.75) is 26.2 Å². The molecule has 1 aromatic carbocycles. The molecule has 0 spiro atoms. The van der Waals surface area contributed by atoms with E-state index >= 15 is 0 Å². The second-order valence-electron chi connectivity index (χ2n) is 5.23. The summed E-state index contributed by atoms with van der Waals surface area (Å²) in [5, 5.41) is 7.72. The lowest BCUT2D eigenvalue weighted by Gasteiger charge is -2.09. The second-order valence-corrected chi connectivity index (χ2v) is 6.74. The van der Waals surface area contributed by atoms with Gasteiger partial charge >= 0.3 is 0 Å². The number of fused-ring (bicyclic) bond motifs is 1. The molecule has 2 N–H and O–H groups in total. The molecule has 0 saturated heterocycles. The van der Waals surface area contributed by atoms with Crippen LogP contribution < -0.4 is 10.6 Å². The molecule has 1 heterocycles. The van der Waals surface area contributed by atoms with Crippen LogP contribution in [0.1, 0.15) is 32.8 Å². The van der Waals surface area contributed by atoms with Crippen LogP contribution in [0.2, 0.25) is 5.02 Å². The Morgan fingerprint density at radius 1 is 1.33 bits per heavy atom. The van der Waals surface area contributed by atoms with Crippen molar-refractivity contribution in [1.82, 2.24) is 0 Å². The molecule has 3 rings (SSSR count). The Morgan fingerprint density at radius 3 is 2.86 bits per heavy atom. The van der Waals surface area contributed by atoms with Crippen molar-refractivity contribution in [3.05, 3.63) is 44.8 Å². The maximum absolute atomic E-state index is 12.6. The Balaban J connectivity index is 1.90. The van der Waals surface area contributed by atoms with Crippen molar-refractivity contribution in [3.63, 3.8) is 0 Å². The first-order chi connectivity index (χ1) is 10.1. The zero-order valence-electron chi connectivity index (χ0n) is 12.0. The molecule has 1 aromatic heterocycles. The highest BCUT2D eigenvalue weighted by molar-refractivity contribution is 7.16. The molecule has 1 amide bonds. The minimum atomic E-state index is -0.0568. The van der Waals surface area contributed by atoms with Crippen molar-refractivity contribution in [1.29, 1.82) is 0 Å². The van der Waals surface area contributed by atoms with E-state index < -0.39 is 0 Å². The topological polar surface area (TPSA) is 41.1 Å². The normalized spacial score (nSPS) is 13.1. The summed E-state index contributed by atoms with van der Waals surface area (Å²) in [6.45, 7) is 1.94. The SMILES string of the molecule is CNc1sc2c(c1C(=O)Nc1ccc(C)c(Cl)c1)CCC2. The van der Waals surface area contributed by atoms with Crippen molar-refractivity contribution < 1.29 is 4.79 Å². The number of anilines is 2. The Morgan fingerprint density at radius 2 is 2.14 bits per heavy atom. The van der Waals surface area contributed by atoms with E-state index in [1.54, 1.807) is 17.4 Å². The van der Waals surface area contributed by atoms with Gasteiger partial charge in [-0.25, -0.2) is 0 Å². The fourth-order valence-electron chi connectivity index (χ4n) is 2.68. The van der Waals surface area contributed by atoms with Gasteiger partial charge in [-0.3, -0.25) is 4.79 Å². The summed E-state index contributed by atoms with van der Waals surface area (Å²) >= 11 is 7.81. The number of benzene rings is 1. The van der Waals surface area contributed by atoms with E-state index in [2.05, 4.69) is 10.6 Å². The molecule has 5 heteroatoms. The van der Waals surface area contributed by atoms with Crippen molar-refractivity contribution in [2.24, 2.45) is 0 Å². The molecule has 1 aliphatic carbocycles. The van der Waals surface area contributed by atoms with E-state index in [0.29, 0.717) is 5.02 Å². The third-order valence-electron chi connectivity index (χ3n) is 3.81. The van der Waals surface area contributed by atoms with Crippen molar-refractivity contribution in [2.75, 3.05) is 17.7 Å². The van der Waals surface area contributed by atoms with Crippen LogP contribution in [0.5, 0.6) is 0 Å². The largest absolute Gasteiger partial charge is 0.379 e. The average Bonchev–Trinajstić information content (AvgIpc) is 3.02. The lowest BCUT2D eigenvalue weighted by atomic mass is 10.1. The first-order valence-electron chi connectivity index (χ1n) is 7.00. The predicted octanol–water partition coefficient (Wildman–Crippen LogP) is 4.49. The highest BCUT2D eigenvalue weighted by Crippen LogP contribution is 2.39. The van der Waals surface area contributed by atoms with Crippen LogP contribution in [0.3, 0.4) is 0 Å². The summed E-state index contributed by atoms with van der Waals surface area (Å²) in [5.41, 5.74) is 3.74. The molecule has 110 valence electrons. The molecule has 0 fully saturated rings. The molecule has 2 aromatic rings. The molecule has 3 nitrogen and oxygen atoms in total. The van der Waals surface area contributed by atoms with E-state index in [-0.39, 0.29) is 5.91 Å². The number of carbonyl (C=O) groups is 1. The summed E-state index contributed by atoms with van der Waals surface area (Å²) in [4.78, 5) is 14.0. The predicted molar refractivity (Wildman–Crippen MR) is 90.0 cm³/mol. The van der Waals surface area contributed by atoms with Gasteiger partial charge in [0, 0.05) is 22.6 Å². The summed E-state index contributed by atoms with van der Waals surface area (Å²) in [5.74, 6) is -0.0568. The van der Waals surface area contributed by atoms with Gasteiger partial charge in [0.05, 0.1) is 5.56 Å². The molecule has 0 atom stereocenters. The first-order valence-corrected chi connectivity index (χ1v) is 8.19. The zero-order chi connectivity index (χ0) is 15.0. The van der Waals surface area contributed by atoms with Gasteiger partial charge in [-0.15, -0.1) is 11.3 Å². The third-order valence-corrected chi connectivity index (χ3v) is 5.52. The van der Waals surface area contributed by atoms with Gasteiger partial charge in [-0.2, -0.15) is 0 Å². The number of rotatable bonds is 3. The van der Waals surface area contributed by atoms with E-state index in [9.17, 15) is 4.79 Å². The van der Waals surface area contributed by atoms with Crippen LogP contribution in [0.4, 0.5) is 10.7 Å². The summed E-state index contributed by atoms with van der Waals surface area (Å²) in [6, 6.07) is 5.58. The highest BCUT2D eigenvalue weighted by Gasteiger charge is 2.26. The first kappa shape index (κ1) is 14.4. The van der Waals surface area contributed by atoms with E-state index in [1.807, 2.05) is 26.1 Å². The summed E-state index contributed by atoms with van der Waals surface area (Å²) < 4.78 is 0. The molecule has 0 unspecified atom stereocenters. The number of carbonyl (C=O) groups excluding carboxylic acids is 1. The van der Waals surface area contributed by atoms with Gasteiger partial charge in [-0.05, 0) is 49.4 Å². The van der Waals surface area contributed by atoms with Crippen LogP contribution in [-0.2, 0) is 12.8 Å². The van der Waals surface area contributed by atoms with Gasteiger partial charge < -0.3 is 10.6 Å². The Labute approximate surface area is 133 Å². The maximum Gasteiger partial charge on any atom is 0.258 e. The average molecular weight is 321 g/mol. The molecular weight excluding hydrogens is 304 g/mol. The Bertz CT molecular complexity index is 709. The van der Waals surface area contributed by atoms with Crippen LogP contribution in [-0.4, -0.2) is 13.0 Å². The van der Waals surface area contributed by atoms with Gasteiger partial charge in [0.2, 0.25) is 0 Å². The van der Waals surface area contributed by atoms with Crippen LogP contribution in [0.15, 0.2) is 18.2 Å². The summed E-state index contributed by atoms with van der Waals surface area (Å²) in [7, 11) is 1.86. The van der Waals surface area contributed by atoms with Gasteiger partial charge in [0.15, 0.2) is 0 Å². The number of amides is 1. The smallest absolute Gasteiger partial charge is 0.258 e. The van der Waals surface area contributed by atoms with Crippen molar-refractivity contribution in [3.8, 4) is 0 Å². The maximum atomic E-state index is 12.6. The molecule has 0 saturated carbocycles. The quantitative estimate of drug-likeness (QED) is 0.874. The number of aryl methyl sites for hydroxylation is 2. The monoisotopic (exact) mass is 320 g/mol. The zero-order valence-corrected chi connectivity index (χ0v) is 13.6. The number of hydrogen-bond donors (Lipinski definition) is 2. The molecule has 0 radical (unpaired) electrons. The number of thiophene rings is 1. The van der Waals surface area contributed by atoms with Gasteiger partial charge in [0.1, 0.15) is 5.00 Å². The standard InChI is InChI=1S/C16H17ClN2OS/c1-9-6-7-10(8-12(9)17)19-15(20)14-11-4-3-5-13(11)21-16(14)18-2/h6-8,18H,3-5H2,1-2H3,(H,19,20). The molecule has 0 aliphatic heterocycles. The summed E-state index contributed by atoms with van der Waals surface area (Å²) in [6.07, 6.45) is 3.21. The molecular formula is C16H17ClN2OS. The number of nitrogens with one attached hydrogen (secondary N) is 2. The molecule has 0 bridgehead atoms.